The highest BCUT2D eigenvalue weighted by Gasteiger charge is 2.12. The molecule has 0 spiro atoms. The molecule has 0 atom stereocenters. The van der Waals surface area contributed by atoms with E-state index in [0.29, 0.717) is 23.8 Å². The van der Waals surface area contributed by atoms with Crippen LogP contribution in [0.1, 0.15) is 36.0 Å². The van der Waals surface area contributed by atoms with Crippen molar-refractivity contribution in [1.29, 1.82) is 0 Å². The van der Waals surface area contributed by atoms with Gasteiger partial charge >= 0.3 is 5.97 Å². The van der Waals surface area contributed by atoms with Gasteiger partial charge in [-0.2, -0.15) is 0 Å². The van der Waals surface area contributed by atoms with Crippen LogP contribution >= 0.6 is 11.6 Å². The SMILES string of the molecule is COc1ccccc1C(=O)OCCCCCCCl. The number of methoxy groups -OCH3 is 1. The summed E-state index contributed by atoms with van der Waals surface area (Å²) >= 11 is 5.58. The van der Waals surface area contributed by atoms with Crippen molar-refractivity contribution in [2.45, 2.75) is 25.7 Å². The largest absolute Gasteiger partial charge is 0.496 e. The van der Waals surface area contributed by atoms with Crippen LogP contribution in [0.5, 0.6) is 5.75 Å². The Morgan fingerprint density at radius 3 is 2.61 bits per heavy atom. The van der Waals surface area contributed by atoms with Crippen LogP contribution in [0.15, 0.2) is 24.3 Å². The monoisotopic (exact) mass is 270 g/mol. The zero-order valence-electron chi connectivity index (χ0n) is 10.7. The van der Waals surface area contributed by atoms with Gasteiger partial charge in [0.25, 0.3) is 0 Å². The van der Waals surface area contributed by atoms with Gasteiger partial charge < -0.3 is 9.47 Å². The Kier molecular flexibility index (Phi) is 7.26. The van der Waals surface area contributed by atoms with Gasteiger partial charge in [-0.1, -0.05) is 25.0 Å². The first-order valence-corrected chi connectivity index (χ1v) is 6.69. The number of para-hydroxylation sites is 1. The lowest BCUT2D eigenvalue weighted by molar-refractivity contribution is 0.0494. The zero-order chi connectivity index (χ0) is 13.2. The van der Waals surface area contributed by atoms with Crippen molar-refractivity contribution in [2.75, 3.05) is 19.6 Å². The second-order valence-corrected chi connectivity index (χ2v) is 4.32. The first-order valence-electron chi connectivity index (χ1n) is 6.15. The molecule has 100 valence electrons. The van der Waals surface area contributed by atoms with Crippen LogP contribution in [-0.2, 0) is 4.74 Å². The van der Waals surface area contributed by atoms with Gasteiger partial charge in [-0.05, 0) is 25.0 Å². The van der Waals surface area contributed by atoms with Gasteiger partial charge in [-0.15, -0.1) is 11.6 Å². The number of carbonyl (C=O) groups is 1. The number of halogens is 1. The van der Waals surface area contributed by atoms with Crippen molar-refractivity contribution >= 4 is 17.6 Å². The predicted octanol–water partition coefficient (Wildman–Crippen LogP) is 3.65. The number of hydrogen-bond acceptors (Lipinski definition) is 3. The molecule has 0 bridgehead atoms. The van der Waals surface area contributed by atoms with Gasteiger partial charge in [0.05, 0.1) is 13.7 Å². The molecule has 4 heteroatoms. The van der Waals surface area contributed by atoms with Gasteiger partial charge in [-0.25, -0.2) is 4.79 Å². The van der Waals surface area contributed by atoms with Crippen LogP contribution in [0.3, 0.4) is 0 Å². The molecule has 0 N–H and O–H groups in total. The molecule has 18 heavy (non-hydrogen) atoms. The molecule has 0 fully saturated rings. The van der Waals surface area contributed by atoms with E-state index in [-0.39, 0.29) is 5.97 Å². The second-order valence-electron chi connectivity index (χ2n) is 3.94. The maximum absolute atomic E-state index is 11.8. The lowest BCUT2D eigenvalue weighted by Gasteiger charge is -2.08. The molecule has 0 aliphatic rings. The summed E-state index contributed by atoms with van der Waals surface area (Å²) in [5.74, 6) is 0.913. The van der Waals surface area contributed by atoms with Crippen molar-refractivity contribution in [1.82, 2.24) is 0 Å². The summed E-state index contributed by atoms with van der Waals surface area (Å²) in [6, 6.07) is 7.06. The Labute approximate surface area is 113 Å². The first-order chi connectivity index (χ1) is 8.79. The second kappa shape index (κ2) is 8.81. The van der Waals surface area contributed by atoms with Crippen LogP contribution in [-0.4, -0.2) is 25.6 Å². The van der Waals surface area contributed by atoms with E-state index < -0.39 is 0 Å². The lowest BCUT2D eigenvalue weighted by atomic mass is 10.2. The van der Waals surface area contributed by atoms with E-state index in [1.54, 1.807) is 18.2 Å². The van der Waals surface area contributed by atoms with Crippen LogP contribution in [0, 0.1) is 0 Å². The standard InChI is InChI=1S/C14H19ClO3/c1-17-13-9-5-4-8-12(13)14(16)18-11-7-3-2-6-10-15/h4-5,8-9H,2-3,6-7,10-11H2,1H3. The van der Waals surface area contributed by atoms with Crippen LogP contribution < -0.4 is 4.74 Å². The summed E-state index contributed by atoms with van der Waals surface area (Å²) in [5.41, 5.74) is 0.473. The number of esters is 1. The molecule has 1 aromatic rings. The van der Waals surface area contributed by atoms with Crippen molar-refractivity contribution < 1.29 is 14.3 Å². The Balaban J connectivity index is 2.32. The third kappa shape index (κ3) is 4.96. The van der Waals surface area contributed by atoms with E-state index in [9.17, 15) is 4.79 Å². The molecule has 0 aliphatic heterocycles. The minimum atomic E-state index is -0.329. The van der Waals surface area contributed by atoms with Gasteiger partial charge in [0.15, 0.2) is 0 Å². The summed E-state index contributed by atoms with van der Waals surface area (Å²) in [4.78, 5) is 11.8. The summed E-state index contributed by atoms with van der Waals surface area (Å²) in [6.07, 6.45) is 4.00. The summed E-state index contributed by atoms with van der Waals surface area (Å²) in [5, 5.41) is 0. The molecule has 0 amide bonds. The van der Waals surface area contributed by atoms with Gasteiger partial charge in [0, 0.05) is 5.88 Å². The highest BCUT2D eigenvalue weighted by molar-refractivity contribution is 6.17. The van der Waals surface area contributed by atoms with Crippen molar-refractivity contribution in [2.24, 2.45) is 0 Å². The molecule has 1 aromatic carbocycles. The highest BCUT2D eigenvalue weighted by atomic mass is 35.5. The third-order valence-corrected chi connectivity index (χ3v) is 2.86. The Hall–Kier alpha value is -1.22. The molecule has 1 rings (SSSR count). The number of hydrogen-bond donors (Lipinski definition) is 0. The Morgan fingerprint density at radius 2 is 1.89 bits per heavy atom. The van der Waals surface area contributed by atoms with Crippen molar-refractivity contribution in [3.8, 4) is 5.75 Å². The Morgan fingerprint density at radius 1 is 1.17 bits per heavy atom. The number of alkyl halides is 1. The Bertz CT molecular complexity index is 366. The molecule has 0 saturated heterocycles. The van der Waals surface area contributed by atoms with E-state index in [4.69, 9.17) is 21.1 Å². The topological polar surface area (TPSA) is 35.5 Å². The number of unbranched alkanes of at least 4 members (excludes halogenated alkanes) is 3. The number of carbonyl (C=O) groups excluding carboxylic acids is 1. The highest BCUT2D eigenvalue weighted by Crippen LogP contribution is 2.18. The zero-order valence-corrected chi connectivity index (χ0v) is 11.4. The minimum Gasteiger partial charge on any atom is -0.496 e. The fraction of sp³-hybridized carbons (Fsp3) is 0.500. The third-order valence-electron chi connectivity index (χ3n) is 2.59. The van der Waals surface area contributed by atoms with Crippen molar-refractivity contribution in [3.05, 3.63) is 29.8 Å². The van der Waals surface area contributed by atoms with Gasteiger partial charge in [-0.3, -0.25) is 0 Å². The maximum Gasteiger partial charge on any atom is 0.341 e. The fourth-order valence-electron chi connectivity index (χ4n) is 1.61. The average Bonchev–Trinajstić information content (AvgIpc) is 2.42. The smallest absolute Gasteiger partial charge is 0.341 e. The van der Waals surface area contributed by atoms with E-state index in [2.05, 4.69) is 0 Å². The van der Waals surface area contributed by atoms with E-state index >= 15 is 0 Å². The molecule has 3 nitrogen and oxygen atoms in total. The normalized spacial score (nSPS) is 10.1. The van der Waals surface area contributed by atoms with Gasteiger partial charge in [0.1, 0.15) is 11.3 Å². The van der Waals surface area contributed by atoms with Crippen LogP contribution in [0.25, 0.3) is 0 Å². The molecule has 0 unspecified atom stereocenters. The minimum absolute atomic E-state index is 0.329. The summed E-state index contributed by atoms with van der Waals surface area (Å²) in [7, 11) is 1.54. The maximum atomic E-state index is 11.8. The summed E-state index contributed by atoms with van der Waals surface area (Å²) < 4.78 is 10.3. The van der Waals surface area contributed by atoms with Gasteiger partial charge in [0.2, 0.25) is 0 Å². The molecule has 0 radical (unpaired) electrons. The first kappa shape index (κ1) is 14.8. The van der Waals surface area contributed by atoms with E-state index in [1.807, 2.05) is 6.07 Å². The number of rotatable bonds is 8. The molecule has 0 aliphatic carbocycles. The van der Waals surface area contributed by atoms with E-state index in [1.165, 1.54) is 7.11 Å². The predicted molar refractivity (Wildman–Crippen MR) is 72.5 cm³/mol. The molecule has 0 heterocycles. The molecular weight excluding hydrogens is 252 g/mol. The van der Waals surface area contributed by atoms with Crippen LogP contribution in [0.4, 0.5) is 0 Å². The fourth-order valence-corrected chi connectivity index (χ4v) is 1.79. The quantitative estimate of drug-likeness (QED) is 0.411. The molecule has 0 saturated carbocycles. The molecule has 0 aromatic heterocycles. The average molecular weight is 271 g/mol. The number of benzene rings is 1. The number of ether oxygens (including phenoxy) is 2. The van der Waals surface area contributed by atoms with Crippen molar-refractivity contribution in [3.63, 3.8) is 0 Å². The summed E-state index contributed by atoms with van der Waals surface area (Å²) in [6.45, 7) is 0.444. The lowest BCUT2D eigenvalue weighted by Crippen LogP contribution is -2.08. The van der Waals surface area contributed by atoms with Crippen LogP contribution in [0.2, 0.25) is 0 Å². The molecular formula is C14H19ClO3. The van der Waals surface area contributed by atoms with E-state index in [0.717, 1.165) is 25.7 Å².